The molecule has 17 heavy (non-hydrogen) atoms. The Balaban J connectivity index is 1.91. The minimum Gasteiger partial charge on any atom is -0.353 e. The number of hydrogen-bond acceptors (Lipinski definition) is 3. The van der Waals surface area contributed by atoms with Crippen LogP contribution in [0.25, 0.3) is 0 Å². The van der Waals surface area contributed by atoms with Crippen molar-refractivity contribution in [2.75, 3.05) is 11.4 Å². The molecule has 3 nitrogen and oxygen atoms in total. The average molecular weight is 231 g/mol. The monoisotopic (exact) mass is 231 g/mol. The van der Waals surface area contributed by atoms with Crippen LogP contribution in [0, 0.1) is 5.92 Å². The molecule has 0 spiro atoms. The van der Waals surface area contributed by atoms with Crippen molar-refractivity contribution in [3.63, 3.8) is 0 Å². The Labute approximate surface area is 103 Å². The van der Waals surface area contributed by atoms with E-state index in [4.69, 9.17) is 10.7 Å². The minimum atomic E-state index is 0.616. The molecule has 92 valence electrons. The van der Waals surface area contributed by atoms with Crippen LogP contribution in [0.1, 0.15) is 37.4 Å². The van der Waals surface area contributed by atoms with E-state index in [1.54, 1.807) is 0 Å². The molecule has 2 bridgehead atoms. The van der Waals surface area contributed by atoms with E-state index in [9.17, 15) is 0 Å². The predicted octanol–water partition coefficient (Wildman–Crippen LogP) is 2.09. The fraction of sp³-hybridized carbons (Fsp3) is 0.643. The van der Waals surface area contributed by atoms with Gasteiger partial charge in [-0.2, -0.15) is 0 Å². The molecule has 2 N–H and O–H groups in total. The smallest absolute Gasteiger partial charge is 0.129 e. The van der Waals surface area contributed by atoms with Crippen LogP contribution in [0.5, 0.6) is 0 Å². The topological polar surface area (TPSA) is 42.1 Å². The standard InChI is InChI=1S/C14H21N3/c1-2-12-5-11(8-15)7-14(16-12)17-9-10-3-4-13(17)6-10/h5,7,10,13H,2-4,6,8-9,15H2,1H3. The zero-order valence-electron chi connectivity index (χ0n) is 10.5. The first kappa shape index (κ1) is 11.0. The summed E-state index contributed by atoms with van der Waals surface area (Å²) in [6.07, 6.45) is 5.12. The van der Waals surface area contributed by atoms with Crippen molar-refractivity contribution >= 4 is 5.82 Å². The molecule has 2 aliphatic rings. The lowest BCUT2D eigenvalue weighted by atomic mass is 10.1. The first-order valence-electron chi connectivity index (χ1n) is 6.76. The van der Waals surface area contributed by atoms with Gasteiger partial charge in [-0.05, 0) is 49.3 Å². The van der Waals surface area contributed by atoms with E-state index < -0.39 is 0 Å². The van der Waals surface area contributed by atoms with Gasteiger partial charge in [0.1, 0.15) is 5.82 Å². The van der Waals surface area contributed by atoms with E-state index in [1.165, 1.54) is 37.1 Å². The maximum Gasteiger partial charge on any atom is 0.129 e. The van der Waals surface area contributed by atoms with Crippen molar-refractivity contribution in [1.82, 2.24) is 4.98 Å². The van der Waals surface area contributed by atoms with Gasteiger partial charge in [-0.15, -0.1) is 0 Å². The molecular formula is C14H21N3. The van der Waals surface area contributed by atoms with E-state index in [0.29, 0.717) is 6.54 Å². The summed E-state index contributed by atoms with van der Waals surface area (Å²) < 4.78 is 0. The van der Waals surface area contributed by atoms with Crippen LogP contribution >= 0.6 is 0 Å². The van der Waals surface area contributed by atoms with Gasteiger partial charge in [0.05, 0.1) is 0 Å². The SMILES string of the molecule is CCc1cc(CN)cc(N2CC3CCC2C3)n1. The van der Waals surface area contributed by atoms with Gasteiger partial charge in [0, 0.05) is 24.8 Å². The Hall–Kier alpha value is -1.09. The second-order valence-corrected chi connectivity index (χ2v) is 5.37. The van der Waals surface area contributed by atoms with Gasteiger partial charge in [0.15, 0.2) is 0 Å². The van der Waals surface area contributed by atoms with Gasteiger partial charge in [0.2, 0.25) is 0 Å². The molecule has 0 amide bonds. The Morgan fingerprint density at radius 2 is 2.29 bits per heavy atom. The van der Waals surface area contributed by atoms with Gasteiger partial charge in [-0.1, -0.05) is 6.92 Å². The molecule has 1 saturated heterocycles. The number of hydrogen-bond donors (Lipinski definition) is 1. The number of aryl methyl sites for hydroxylation is 1. The Morgan fingerprint density at radius 1 is 1.41 bits per heavy atom. The molecular weight excluding hydrogens is 210 g/mol. The van der Waals surface area contributed by atoms with E-state index >= 15 is 0 Å². The molecule has 2 fully saturated rings. The number of piperidine rings is 1. The fourth-order valence-electron chi connectivity index (χ4n) is 3.28. The highest BCUT2D eigenvalue weighted by molar-refractivity contribution is 5.46. The Kier molecular flexibility index (Phi) is 2.79. The largest absolute Gasteiger partial charge is 0.353 e. The van der Waals surface area contributed by atoms with Crippen molar-refractivity contribution in [3.05, 3.63) is 23.4 Å². The number of nitrogens with two attached hydrogens (primary N) is 1. The highest BCUT2D eigenvalue weighted by Gasteiger charge is 2.38. The summed E-state index contributed by atoms with van der Waals surface area (Å²) in [5.74, 6) is 2.07. The van der Waals surface area contributed by atoms with E-state index in [2.05, 4.69) is 24.0 Å². The number of pyridine rings is 1. The fourth-order valence-corrected chi connectivity index (χ4v) is 3.28. The molecule has 3 heteroatoms. The summed E-state index contributed by atoms with van der Waals surface area (Å²) in [5.41, 5.74) is 8.16. The predicted molar refractivity (Wildman–Crippen MR) is 70.0 cm³/mol. The molecule has 0 radical (unpaired) electrons. The van der Waals surface area contributed by atoms with Crippen LogP contribution in [0.2, 0.25) is 0 Å². The van der Waals surface area contributed by atoms with Crippen molar-refractivity contribution in [2.45, 2.75) is 45.2 Å². The third-order valence-electron chi connectivity index (χ3n) is 4.23. The summed E-state index contributed by atoms with van der Waals surface area (Å²) in [4.78, 5) is 7.28. The normalized spacial score (nSPS) is 26.8. The molecule has 2 unspecified atom stereocenters. The molecule has 3 rings (SSSR count). The molecule has 1 aromatic rings. The van der Waals surface area contributed by atoms with E-state index in [1.807, 2.05) is 0 Å². The first-order valence-corrected chi connectivity index (χ1v) is 6.76. The second-order valence-electron chi connectivity index (χ2n) is 5.37. The maximum atomic E-state index is 5.77. The van der Waals surface area contributed by atoms with E-state index in [-0.39, 0.29) is 0 Å². The summed E-state index contributed by atoms with van der Waals surface area (Å²) in [6, 6.07) is 5.06. The van der Waals surface area contributed by atoms with Crippen LogP contribution < -0.4 is 10.6 Å². The van der Waals surface area contributed by atoms with Gasteiger partial charge >= 0.3 is 0 Å². The van der Waals surface area contributed by atoms with Crippen LogP contribution in [0.4, 0.5) is 5.82 Å². The molecule has 1 saturated carbocycles. The lowest BCUT2D eigenvalue weighted by molar-refractivity contribution is 0.550. The number of aromatic nitrogens is 1. The highest BCUT2D eigenvalue weighted by Crippen LogP contribution is 2.39. The van der Waals surface area contributed by atoms with Crippen molar-refractivity contribution < 1.29 is 0 Å². The first-order chi connectivity index (χ1) is 8.30. The number of nitrogens with zero attached hydrogens (tertiary/aromatic N) is 2. The average Bonchev–Trinajstić information content (AvgIpc) is 3.00. The Bertz CT molecular complexity index is 394. The van der Waals surface area contributed by atoms with Gasteiger partial charge in [0.25, 0.3) is 0 Å². The summed E-state index contributed by atoms with van der Waals surface area (Å²) >= 11 is 0. The lowest BCUT2D eigenvalue weighted by Crippen LogP contribution is -2.32. The second kappa shape index (κ2) is 4.30. The number of anilines is 1. The quantitative estimate of drug-likeness (QED) is 0.866. The molecule has 0 aromatic carbocycles. The summed E-state index contributed by atoms with van der Waals surface area (Å²) in [5, 5.41) is 0. The van der Waals surface area contributed by atoms with Crippen LogP contribution in [-0.2, 0) is 13.0 Å². The van der Waals surface area contributed by atoms with Gasteiger partial charge in [-0.25, -0.2) is 4.98 Å². The van der Waals surface area contributed by atoms with Crippen molar-refractivity contribution in [2.24, 2.45) is 11.7 Å². The zero-order valence-corrected chi connectivity index (χ0v) is 10.5. The summed E-state index contributed by atoms with van der Waals surface area (Å²) in [7, 11) is 0. The third kappa shape index (κ3) is 1.93. The van der Waals surface area contributed by atoms with Gasteiger partial charge in [-0.3, -0.25) is 0 Å². The minimum absolute atomic E-state index is 0.616. The molecule has 1 aliphatic heterocycles. The number of rotatable bonds is 3. The molecule has 2 heterocycles. The number of fused-ring (bicyclic) bond motifs is 2. The Morgan fingerprint density at radius 3 is 2.88 bits per heavy atom. The van der Waals surface area contributed by atoms with Crippen LogP contribution in [0.3, 0.4) is 0 Å². The zero-order chi connectivity index (χ0) is 11.8. The molecule has 1 aromatic heterocycles. The third-order valence-corrected chi connectivity index (χ3v) is 4.23. The highest BCUT2D eigenvalue weighted by atomic mass is 15.2. The molecule has 1 aliphatic carbocycles. The lowest BCUT2D eigenvalue weighted by Gasteiger charge is -2.28. The van der Waals surface area contributed by atoms with E-state index in [0.717, 1.165) is 24.2 Å². The van der Waals surface area contributed by atoms with Gasteiger partial charge < -0.3 is 10.6 Å². The van der Waals surface area contributed by atoms with Crippen molar-refractivity contribution in [1.29, 1.82) is 0 Å². The summed E-state index contributed by atoms with van der Waals surface area (Å²) in [6.45, 7) is 3.97. The molecule has 2 atom stereocenters. The van der Waals surface area contributed by atoms with Crippen LogP contribution in [0.15, 0.2) is 12.1 Å². The van der Waals surface area contributed by atoms with Crippen LogP contribution in [-0.4, -0.2) is 17.6 Å². The van der Waals surface area contributed by atoms with Crippen molar-refractivity contribution in [3.8, 4) is 0 Å². The maximum absolute atomic E-state index is 5.77.